The van der Waals surface area contributed by atoms with Crippen LogP contribution in [0.15, 0.2) is 40.9 Å². The number of rotatable bonds is 3. The molecule has 1 saturated heterocycles. The Kier molecular flexibility index (Phi) is 4.68. The molecule has 1 aliphatic heterocycles. The standard InChI is InChI=1S/C16H17BrN4O/c17-12-5-4-6-13(11-12)18-16(22)14-7-8-15(20-19-14)21-9-2-1-3-10-21/h4-8,11H,1-3,9-10H2,(H,18,22). The summed E-state index contributed by atoms with van der Waals surface area (Å²) in [4.78, 5) is 14.4. The number of benzene rings is 1. The molecule has 22 heavy (non-hydrogen) atoms. The number of carbonyl (C=O) groups is 1. The molecule has 0 spiro atoms. The second-order valence-electron chi connectivity index (χ2n) is 5.29. The highest BCUT2D eigenvalue weighted by molar-refractivity contribution is 9.10. The van der Waals surface area contributed by atoms with Gasteiger partial charge < -0.3 is 10.2 Å². The average molecular weight is 361 g/mol. The fraction of sp³-hybridized carbons (Fsp3) is 0.312. The van der Waals surface area contributed by atoms with Gasteiger partial charge in [0, 0.05) is 23.2 Å². The Morgan fingerprint density at radius 2 is 1.91 bits per heavy atom. The highest BCUT2D eigenvalue weighted by Gasteiger charge is 2.14. The van der Waals surface area contributed by atoms with Crippen LogP contribution in [0.1, 0.15) is 29.8 Å². The van der Waals surface area contributed by atoms with Gasteiger partial charge in [-0.3, -0.25) is 4.79 Å². The number of hydrogen-bond donors (Lipinski definition) is 1. The first-order valence-corrected chi connectivity index (χ1v) is 8.17. The lowest BCUT2D eigenvalue weighted by Crippen LogP contribution is -2.30. The first-order valence-electron chi connectivity index (χ1n) is 7.38. The van der Waals surface area contributed by atoms with E-state index in [4.69, 9.17) is 0 Å². The summed E-state index contributed by atoms with van der Waals surface area (Å²) in [7, 11) is 0. The van der Waals surface area contributed by atoms with Crippen LogP contribution < -0.4 is 10.2 Å². The van der Waals surface area contributed by atoms with E-state index in [1.807, 2.05) is 30.3 Å². The summed E-state index contributed by atoms with van der Waals surface area (Å²) in [5, 5.41) is 11.1. The van der Waals surface area contributed by atoms with E-state index in [1.165, 1.54) is 19.3 Å². The van der Waals surface area contributed by atoms with Crippen molar-refractivity contribution < 1.29 is 4.79 Å². The number of hydrogen-bond acceptors (Lipinski definition) is 4. The molecule has 5 nitrogen and oxygen atoms in total. The normalized spacial score (nSPS) is 14.7. The molecule has 0 atom stereocenters. The summed E-state index contributed by atoms with van der Waals surface area (Å²) in [5.41, 5.74) is 1.04. The van der Waals surface area contributed by atoms with Crippen LogP contribution in [0.5, 0.6) is 0 Å². The van der Waals surface area contributed by atoms with E-state index < -0.39 is 0 Å². The van der Waals surface area contributed by atoms with Gasteiger partial charge in [-0.15, -0.1) is 10.2 Å². The molecule has 6 heteroatoms. The van der Waals surface area contributed by atoms with Gasteiger partial charge in [-0.05, 0) is 49.6 Å². The van der Waals surface area contributed by atoms with Gasteiger partial charge in [0.15, 0.2) is 11.5 Å². The van der Waals surface area contributed by atoms with E-state index in [0.29, 0.717) is 5.69 Å². The quantitative estimate of drug-likeness (QED) is 0.910. The first kappa shape index (κ1) is 15.0. The Morgan fingerprint density at radius 3 is 2.59 bits per heavy atom. The number of amides is 1. The number of nitrogens with zero attached hydrogens (tertiary/aromatic N) is 3. The molecule has 0 unspecified atom stereocenters. The zero-order valence-corrected chi connectivity index (χ0v) is 13.7. The number of aromatic nitrogens is 2. The van der Waals surface area contributed by atoms with E-state index in [1.54, 1.807) is 6.07 Å². The van der Waals surface area contributed by atoms with Gasteiger partial charge in [0.05, 0.1) is 0 Å². The Morgan fingerprint density at radius 1 is 1.09 bits per heavy atom. The number of nitrogens with one attached hydrogen (secondary N) is 1. The predicted octanol–water partition coefficient (Wildman–Crippen LogP) is 3.48. The van der Waals surface area contributed by atoms with Crippen LogP contribution in [0.4, 0.5) is 11.5 Å². The first-order chi connectivity index (χ1) is 10.7. The fourth-order valence-electron chi connectivity index (χ4n) is 2.50. The Labute approximate surface area is 137 Å². The van der Waals surface area contributed by atoms with Crippen LogP contribution in [0.2, 0.25) is 0 Å². The molecular weight excluding hydrogens is 344 g/mol. The molecule has 1 amide bonds. The number of halogens is 1. The van der Waals surface area contributed by atoms with Gasteiger partial charge in [0.2, 0.25) is 0 Å². The summed E-state index contributed by atoms with van der Waals surface area (Å²) < 4.78 is 0.914. The van der Waals surface area contributed by atoms with Crippen molar-refractivity contribution in [1.82, 2.24) is 10.2 Å². The molecular formula is C16H17BrN4O. The van der Waals surface area contributed by atoms with E-state index in [-0.39, 0.29) is 5.91 Å². The minimum absolute atomic E-state index is 0.254. The van der Waals surface area contributed by atoms with Crippen molar-refractivity contribution in [1.29, 1.82) is 0 Å². The number of piperidine rings is 1. The zero-order chi connectivity index (χ0) is 15.4. The highest BCUT2D eigenvalue weighted by atomic mass is 79.9. The Hall–Kier alpha value is -1.95. The lowest BCUT2D eigenvalue weighted by atomic mass is 10.1. The zero-order valence-electron chi connectivity index (χ0n) is 12.1. The molecule has 1 aliphatic rings. The lowest BCUT2D eigenvalue weighted by Gasteiger charge is -2.27. The molecule has 0 saturated carbocycles. The number of anilines is 2. The molecule has 1 N–H and O–H groups in total. The summed E-state index contributed by atoms with van der Waals surface area (Å²) in [6.45, 7) is 2.02. The number of carbonyl (C=O) groups excluding carboxylic acids is 1. The fourth-order valence-corrected chi connectivity index (χ4v) is 2.90. The molecule has 1 aromatic carbocycles. The minimum Gasteiger partial charge on any atom is -0.355 e. The van der Waals surface area contributed by atoms with Crippen LogP contribution in [-0.2, 0) is 0 Å². The van der Waals surface area contributed by atoms with Crippen molar-refractivity contribution in [2.75, 3.05) is 23.3 Å². The van der Waals surface area contributed by atoms with Crippen molar-refractivity contribution in [2.24, 2.45) is 0 Å². The molecule has 1 fully saturated rings. The maximum Gasteiger partial charge on any atom is 0.276 e. The Balaban J connectivity index is 1.68. The van der Waals surface area contributed by atoms with Crippen molar-refractivity contribution in [3.63, 3.8) is 0 Å². The summed E-state index contributed by atoms with van der Waals surface area (Å²) in [6.07, 6.45) is 3.65. The summed E-state index contributed by atoms with van der Waals surface area (Å²) in [5.74, 6) is 0.592. The van der Waals surface area contributed by atoms with Gasteiger partial charge in [-0.1, -0.05) is 22.0 Å². The van der Waals surface area contributed by atoms with Gasteiger partial charge in [0.1, 0.15) is 0 Å². The van der Waals surface area contributed by atoms with Crippen LogP contribution >= 0.6 is 15.9 Å². The van der Waals surface area contributed by atoms with Gasteiger partial charge >= 0.3 is 0 Å². The molecule has 2 aromatic rings. The van der Waals surface area contributed by atoms with Crippen LogP contribution in [-0.4, -0.2) is 29.2 Å². The third-order valence-corrected chi connectivity index (χ3v) is 4.14. The second kappa shape index (κ2) is 6.87. The molecule has 0 radical (unpaired) electrons. The second-order valence-corrected chi connectivity index (χ2v) is 6.20. The predicted molar refractivity (Wildman–Crippen MR) is 90.2 cm³/mol. The van der Waals surface area contributed by atoms with E-state index in [2.05, 4.69) is 36.3 Å². The minimum atomic E-state index is -0.254. The van der Waals surface area contributed by atoms with Crippen LogP contribution in [0.25, 0.3) is 0 Å². The SMILES string of the molecule is O=C(Nc1cccc(Br)c1)c1ccc(N2CCCCC2)nn1. The van der Waals surface area contributed by atoms with E-state index >= 15 is 0 Å². The van der Waals surface area contributed by atoms with Gasteiger partial charge in [-0.2, -0.15) is 0 Å². The Bertz CT molecular complexity index is 653. The maximum atomic E-state index is 12.2. The van der Waals surface area contributed by atoms with Crippen molar-refractivity contribution >= 4 is 33.3 Å². The molecule has 0 aliphatic carbocycles. The molecule has 2 heterocycles. The summed E-state index contributed by atoms with van der Waals surface area (Å²) >= 11 is 3.38. The average Bonchev–Trinajstić information content (AvgIpc) is 2.56. The van der Waals surface area contributed by atoms with E-state index in [9.17, 15) is 4.79 Å². The van der Waals surface area contributed by atoms with Crippen molar-refractivity contribution in [3.05, 3.63) is 46.6 Å². The summed E-state index contributed by atoms with van der Waals surface area (Å²) in [6, 6.07) is 11.0. The highest BCUT2D eigenvalue weighted by Crippen LogP contribution is 2.18. The molecule has 3 rings (SSSR count). The maximum absolute atomic E-state index is 12.2. The van der Waals surface area contributed by atoms with Crippen LogP contribution in [0, 0.1) is 0 Å². The smallest absolute Gasteiger partial charge is 0.276 e. The largest absolute Gasteiger partial charge is 0.355 e. The third-order valence-electron chi connectivity index (χ3n) is 3.65. The van der Waals surface area contributed by atoms with Crippen LogP contribution in [0.3, 0.4) is 0 Å². The van der Waals surface area contributed by atoms with Crippen molar-refractivity contribution in [2.45, 2.75) is 19.3 Å². The third kappa shape index (κ3) is 3.62. The van der Waals surface area contributed by atoms with E-state index in [0.717, 1.165) is 29.1 Å². The van der Waals surface area contributed by atoms with Crippen molar-refractivity contribution in [3.8, 4) is 0 Å². The monoisotopic (exact) mass is 360 g/mol. The molecule has 0 bridgehead atoms. The topological polar surface area (TPSA) is 58.1 Å². The van der Waals surface area contributed by atoms with Gasteiger partial charge in [-0.25, -0.2) is 0 Å². The molecule has 1 aromatic heterocycles. The lowest BCUT2D eigenvalue weighted by molar-refractivity contribution is 0.102. The van der Waals surface area contributed by atoms with Gasteiger partial charge in [0.25, 0.3) is 5.91 Å². The molecule has 114 valence electrons.